The van der Waals surface area contributed by atoms with Gasteiger partial charge >= 0.3 is 0 Å². The van der Waals surface area contributed by atoms with E-state index in [9.17, 15) is 14.3 Å². The fraction of sp³-hybridized carbons (Fsp3) is 0.364. The number of carbonyl (C=O) groups excluding carboxylic acids is 1. The Morgan fingerprint density at radius 3 is 2.75 bits per heavy atom. The van der Waals surface area contributed by atoms with Crippen LogP contribution < -0.4 is 5.32 Å². The topological polar surface area (TPSA) is 49.3 Å². The van der Waals surface area contributed by atoms with Crippen molar-refractivity contribution < 1.29 is 14.3 Å². The van der Waals surface area contributed by atoms with Crippen molar-refractivity contribution in [2.45, 2.75) is 17.9 Å². The quantitative estimate of drug-likeness (QED) is 0.830. The van der Waals surface area contributed by atoms with Gasteiger partial charge in [-0.25, -0.2) is 4.39 Å². The highest BCUT2D eigenvalue weighted by atomic mass is 79.9. The summed E-state index contributed by atoms with van der Waals surface area (Å²) >= 11 is 3.09. The Labute approximate surface area is 102 Å². The van der Waals surface area contributed by atoms with E-state index >= 15 is 0 Å². The van der Waals surface area contributed by atoms with Crippen LogP contribution in [0.1, 0.15) is 18.6 Å². The first-order valence-electron chi connectivity index (χ1n) is 4.86. The Morgan fingerprint density at radius 2 is 2.19 bits per heavy atom. The number of alkyl halides is 1. The van der Waals surface area contributed by atoms with Gasteiger partial charge in [-0.2, -0.15) is 0 Å². The molecule has 0 bridgehead atoms. The highest BCUT2D eigenvalue weighted by Crippen LogP contribution is 2.15. The SMILES string of the molecule is C[C@H](Br)C(=O)NC[C@H](O)c1ccccc1F. The number of halogens is 2. The van der Waals surface area contributed by atoms with E-state index in [1.165, 1.54) is 12.1 Å². The van der Waals surface area contributed by atoms with Gasteiger partial charge in [-0.3, -0.25) is 4.79 Å². The Morgan fingerprint density at radius 1 is 1.56 bits per heavy atom. The number of amides is 1. The lowest BCUT2D eigenvalue weighted by molar-refractivity contribution is -0.120. The van der Waals surface area contributed by atoms with E-state index in [1.54, 1.807) is 19.1 Å². The molecule has 5 heteroatoms. The van der Waals surface area contributed by atoms with Crippen LogP contribution in [-0.2, 0) is 4.79 Å². The summed E-state index contributed by atoms with van der Waals surface area (Å²) in [5.74, 6) is -0.716. The molecule has 16 heavy (non-hydrogen) atoms. The Hall–Kier alpha value is -0.940. The number of aliphatic hydroxyl groups is 1. The van der Waals surface area contributed by atoms with Gasteiger partial charge in [0.1, 0.15) is 5.82 Å². The molecular weight excluding hydrogens is 277 g/mol. The molecule has 0 aliphatic heterocycles. The first-order valence-corrected chi connectivity index (χ1v) is 5.78. The molecule has 0 aliphatic carbocycles. The Balaban J connectivity index is 2.56. The number of aliphatic hydroxyl groups excluding tert-OH is 1. The molecule has 2 N–H and O–H groups in total. The lowest BCUT2D eigenvalue weighted by Gasteiger charge is -2.13. The van der Waals surface area contributed by atoms with Gasteiger partial charge < -0.3 is 10.4 Å². The van der Waals surface area contributed by atoms with Crippen molar-refractivity contribution in [3.63, 3.8) is 0 Å². The summed E-state index contributed by atoms with van der Waals surface area (Å²) < 4.78 is 13.2. The molecule has 1 aromatic rings. The van der Waals surface area contributed by atoms with Gasteiger partial charge in [0.2, 0.25) is 5.91 Å². The van der Waals surface area contributed by atoms with E-state index in [1.807, 2.05) is 0 Å². The molecule has 0 aliphatic rings. The third kappa shape index (κ3) is 3.57. The summed E-state index contributed by atoms with van der Waals surface area (Å²) in [5, 5.41) is 12.2. The third-order valence-electron chi connectivity index (χ3n) is 2.10. The molecule has 3 nitrogen and oxygen atoms in total. The first kappa shape index (κ1) is 13.1. The number of hydrogen-bond acceptors (Lipinski definition) is 2. The smallest absolute Gasteiger partial charge is 0.233 e. The highest BCUT2D eigenvalue weighted by molar-refractivity contribution is 9.10. The second kappa shape index (κ2) is 5.96. The molecule has 0 aromatic heterocycles. The summed E-state index contributed by atoms with van der Waals surface area (Å²) in [6.07, 6.45) is -1.03. The second-order valence-corrected chi connectivity index (χ2v) is 4.77. The van der Waals surface area contributed by atoms with E-state index in [4.69, 9.17) is 0 Å². The number of carbonyl (C=O) groups is 1. The number of rotatable bonds is 4. The molecule has 0 heterocycles. The minimum atomic E-state index is -1.03. The molecule has 0 saturated carbocycles. The molecule has 88 valence electrons. The van der Waals surface area contributed by atoms with E-state index in [0.717, 1.165) is 0 Å². The molecule has 1 amide bonds. The van der Waals surface area contributed by atoms with Crippen LogP contribution >= 0.6 is 15.9 Å². The maximum absolute atomic E-state index is 13.2. The van der Waals surface area contributed by atoms with Crippen molar-refractivity contribution in [3.8, 4) is 0 Å². The minimum Gasteiger partial charge on any atom is -0.386 e. The van der Waals surface area contributed by atoms with Gasteiger partial charge in [-0.1, -0.05) is 34.1 Å². The average Bonchev–Trinajstić information content (AvgIpc) is 2.25. The lowest BCUT2D eigenvalue weighted by Crippen LogP contribution is -2.33. The Bertz CT molecular complexity index is 371. The lowest BCUT2D eigenvalue weighted by atomic mass is 10.1. The van der Waals surface area contributed by atoms with Crippen LogP contribution in [0.2, 0.25) is 0 Å². The third-order valence-corrected chi connectivity index (χ3v) is 2.51. The molecule has 0 fully saturated rings. The maximum atomic E-state index is 13.2. The van der Waals surface area contributed by atoms with Crippen molar-refractivity contribution in [3.05, 3.63) is 35.6 Å². The molecule has 1 rings (SSSR count). The summed E-state index contributed by atoms with van der Waals surface area (Å²) in [5.41, 5.74) is 0.185. The van der Waals surface area contributed by atoms with Gasteiger partial charge in [0.15, 0.2) is 0 Å². The summed E-state index contributed by atoms with van der Waals surface area (Å²) in [7, 11) is 0. The predicted molar refractivity (Wildman–Crippen MR) is 62.8 cm³/mol. The van der Waals surface area contributed by atoms with E-state index in [0.29, 0.717) is 0 Å². The van der Waals surface area contributed by atoms with Crippen LogP contribution in [0.15, 0.2) is 24.3 Å². The highest BCUT2D eigenvalue weighted by Gasteiger charge is 2.14. The zero-order valence-electron chi connectivity index (χ0n) is 8.78. The summed E-state index contributed by atoms with van der Waals surface area (Å²) in [4.78, 5) is 10.9. The largest absolute Gasteiger partial charge is 0.386 e. The van der Waals surface area contributed by atoms with Crippen molar-refractivity contribution >= 4 is 21.8 Å². The summed E-state index contributed by atoms with van der Waals surface area (Å²) in [6.45, 7) is 1.67. The molecule has 0 saturated heterocycles. The average molecular weight is 290 g/mol. The fourth-order valence-corrected chi connectivity index (χ4v) is 1.36. The minimum absolute atomic E-state index is 0.00426. The number of hydrogen-bond donors (Lipinski definition) is 2. The second-order valence-electron chi connectivity index (χ2n) is 3.40. The van der Waals surface area contributed by atoms with Crippen LogP contribution in [0.5, 0.6) is 0 Å². The standard InChI is InChI=1S/C11H13BrFNO2/c1-7(12)11(16)14-6-10(15)8-4-2-3-5-9(8)13/h2-5,7,10,15H,6H2,1H3,(H,14,16)/t7-,10-/m0/s1. The Kier molecular flexibility index (Phi) is 4.89. The van der Waals surface area contributed by atoms with Crippen LogP contribution in [0.3, 0.4) is 0 Å². The van der Waals surface area contributed by atoms with E-state index in [2.05, 4.69) is 21.2 Å². The molecule has 1 aromatic carbocycles. The molecule has 2 atom stereocenters. The molecule has 0 spiro atoms. The van der Waals surface area contributed by atoms with Crippen molar-refractivity contribution in [2.24, 2.45) is 0 Å². The van der Waals surface area contributed by atoms with Gasteiger partial charge in [0, 0.05) is 12.1 Å². The monoisotopic (exact) mass is 289 g/mol. The van der Waals surface area contributed by atoms with Crippen LogP contribution in [-0.4, -0.2) is 22.4 Å². The van der Waals surface area contributed by atoms with Crippen molar-refractivity contribution in [1.29, 1.82) is 0 Å². The van der Waals surface area contributed by atoms with Gasteiger partial charge in [-0.15, -0.1) is 0 Å². The van der Waals surface area contributed by atoms with E-state index < -0.39 is 11.9 Å². The number of benzene rings is 1. The van der Waals surface area contributed by atoms with Gasteiger partial charge in [-0.05, 0) is 13.0 Å². The molecule has 0 radical (unpaired) electrons. The fourth-order valence-electron chi connectivity index (χ4n) is 1.19. The number of nitrogens with one attached hydrogen (secondary N) is 1. The zero-order valence-corrected chi connectivity index (χ0v) is 10.4. The first-order chi connectivity index (χ1) is 7.52. The predicted octanol–water partition coefficient (Wildman–Crippen LogP) is 1.76. The molecular formula is C11H13BrFNO2. The van der Waals surface area contributed by atoms with Gasteiger partial charge in [0.05, 0.1) is 10.9 Å². The molecule has 0 unspecified atom stereocenters. The van der Waals surface area contributed by atoms with E-state index in [-0.39, 0.29) is 22.8 Å². The van der Waals surface area contributed by atoms with Crippen LogP contribution in [0.4, 0.5) is 4.39 Å². The normalized spacial score (nSPS) is 14.2. The van der Waals surface area contributed by atoms with Crippen LogP contribution in [0, 0.1) is 5.82 Å². The maximum Gasteiger partial charge on any atom is 0.233 e. The van der Waals surface area contributed by atoms with Crippen molar-refractivity contribution in [1.82, 2.24) is 5.32 Å². The van der Waals surface area contributed by atoms with Gasteiger partial charge in [0.25, 0.3) is 0 Å². The zero-order chi connectivity index (χ0) is 12.1. The summed E-state index contributed by atoms with van der Waals surface area (Å²) in [6, 6.07) is 5.94. The van der Waals surface area contributed by atoms with Crippen molar-refractivity contribution in [2.75, 3.05) is 6.54 Å². The van der Waals surface area contributed by atoms with Crippen LogP contribution in [0.25, 0.3) is 0 Å².